The van der Waals surface area contributed by atoms with E-state index in [0.717, 1.165) is 19.4 Å². The number of hydrogen-bond donors (Lipinski definition) is 2. The summed E-state index contributed by atoms with van der Waals surface area (Å²) in [5.41, 5.74) is 0.168. The van der Waals surface area contributed by atoms with Crippen molar-refractivity contribution in [3.05, 3.63) is 0 Å². The molecule has 0 aromatic heterocycles. The van der Waals surface area contributed by atoms with Crippen LogP contribution in [0.1, 0.15) is 40.5 Å². The van der Waals surface area contributed by atoms with Crippen LogP contribution in [0.5, 0.6) is 0 Å². The molecule has 0 aromatic carbocycles. The maximum Gasteiger partial charge on any atom is 0.315 e. The number of hydrogen-bond acceptors (Lipinski definition) is 1. The summed E-state index contributed by atoms with van der Waals surface area (Å²) in [7, 11) is 0. The van der Waals surface area contributed by atoms with Gasteiger partial charge in [0.05, 0.1) is 0 Å². The zero-order valence-corrected chi connectivity index (χ0v) is 9.68. The first-order chi connectivity index (χ1) is 6.42. The Hall–Kier alpha value is -0.730. The van der Waals surface area contributed by atoms with Gasteiger partial charge in [0.15, 0.2) is 0 Å². The number of carbonyl (C=O) groups excluding carboxylic acids is 1. The van der Waals surface area contributed by atoms with Crippen LogP contribution in [-0.4, -0.2) is 18.6 Å². The standard InChI is InChI=1S/C11H22N2O/c1-8(2)11(3,4)7-12-10(14)13-9-5-6-9/h8-9H,5-7H2,1-4H3,(H2,12,13,14). The van der Waals surface area contributed by atoms with E-state index in [1.807, 2.05) is 0 Å². The zero-order chi connectivity index (χ0) is 10.8. The highest BCUT2D eigenvalue weighted by Gasteiger charge is 2.26. The maximum absolute atomic E-state index is 11.3. The average molecular weight is 198 g/mol. The predicted octanol–water partition coefficient (Wildman–Crippen LogP) is 2.13. The second-order valence-corrected chi connectivity index (χ2v) is 5.24. The van der Waals surface area contributed by atoms with Gasteiger partial charge in [-0.15, -0.1) is 0 Å². The first kappa shape index (κ1) is 11.3. The number of nitrogens with one attached hydrogen (secondary N) is 2. The molecule has 3 heteroatoms. The van der Waals surface area contributed by atoms with Crippen molar-refractivity contribution in [2.45, 2.75) is 46.6 Å². The Morgan fingerprint density at radius 1 is 1.43 bits per heavy atom. The molecule has 0 atom stereocenters. The Bertz CT molecular complexity index is 207. The van der Waals surface area contributed by atoms with Crippen molar-refractivity contribution in [3.8, 4) is 0 Å². The summed E-state index contributed by atoms with van der Waals surface area (Å²) in [5, 5.41) is 5.84. The Kier molecular flexibility index (Phi) is 3.40. The van der Waals surface area contributed by atoms with E-state index in [4.69, 9.17) is 0 Å². The molecule has 0 aromatic rings. The monoisotopic (exact) mass is 198 g/mol. The Morgan fingerprint density at radius 3 is 2.43 bits per heavy atom. The molecule has 0 spiro atoms. The highest BCUT2D eigenvalue weighted by Crippen LogP contribution is 2.24. The minimum atomic E-state index is -0.0128. The van der Waals surface area contributed by atoms with Crippen molar-refractivity contribution in [2.24, 2.45) is 11.3 Å². The molecular weight excluding hydrogens is 176 g/mol. The van der Waals surface area contributed by atoms with E-state index in [2.05, 4.69) is 38.3 Å². The highest BCUT2D eigenvalue weighted by molar-refractivity contribution is 5.74. The second kappa shape index (κ2) is 4.20. The fourth-order valence-electron chi connectivity index (χ4n) is 0.976. The predicted molar refractivity (Wildman–Crippen MR) is 58.2 cm³/mol. The van der Waals surface area contributed by atoms with E-state index in [0.29, 0.717) is 12.0 Å². The van der Waals surface area contributed by atoms with Crippen LogP contribution in [0.3, 0.4) is 0 Å². The van der Waals surface area contributed by atoms with Gasteiger partial charge in [-0.2, -0.15) is 0 Å². The molecule has 1 fully saturated rings. The second-order valence-electron chi connectivity index (χ2n) is 5.24. The van der Waals surface area contributed by atoms with Crippen LogP contribution >= 0.6 is 0 Å². The molecule has 2 amide bonds. The molecule has 14 heavy (non-hydrogen) atoms. The molecule has 0 aliphatic heterocycles. The van der Waals surface area contributed by atoms with Crippen molar-refractivity contribution in [2.75, 3.05) is 6.54 Å². The topological polar surface area (TPSA) is 41.1 Å². The fourth-order valence-corrected chi connectivity index (χ4v) is 0.976. The summed E-state index contributed by atoms with van der Waals surface area (Å²) >= 11 is 0. The van der Waals surface area contributed by atoms with E-state index in [1.54, 1.807) is 0 Å². The Labute approximate surface area is 86.6 Å². The van der Waals surface area contributed by atoms with Crippen LogP contribution in [0.15, 0.2) is 0 Å². The van der Waals surface area contributed by atoms with Crippen molar-refractivity contribution >= 4 is 6.03 Å². The van der Waals surface area contributed by atoms with E-state index in [1.165, 1.54) is 0 Å². The Balaban J connectivity index is 2.20. The zero-order valence-electron chi connectivity index (χ0n) is 9.68. The SMILES string of the molecule is CC(C)C(C)(C)CNC(=O)NC1CC1. The minimum Gasteiger partial charge on any atom is -0.338 e. The van der Waals surface area contributed by atoms with Gasteiger partial charge in [-0.25, -0.2) is 4.79 Å². The summed E-state index contributed by atoms with van der Waals surface area (Å²) in [6, 6.07) is 0.429. The molecule has 0 heterocycles. The number of rotatable bonds is 4. The van der Waals surface area contributed by atoms with Gasteiger partial charge >= 0.3 is 6.03 Å². The van der Waals surface area contributed by atoms with Crippen LogP contribution in [0.2, 0.25) is 0 Å². The van der Waals surface area contributed by atoms with Gasteiger partial charge in [0.1, 0.15) is 0 Å². The van der Waals surface area contributed by atoms with E-state index >= 15 is 0 Å². The van der Waals surface area contributed by atoms with Crippen LogP contribution in [-0.2, 0) is 0 Å². The molecule has 0 bridgehead atoms. The molecule has 3 nitrogen and oxygen atoms in total. The molecular formula is C11H22N2O. The molecule has 1 rings (SSSR count). The summed E-state index contributed by atoms with van der Waals surface area (Å²) < 4.78 is 0. The van der Waals surface area contributed by atoms with E-state index in [-0.39, 0.29) is 11.4 Å². The fraction of sp³-hybridized carbons (Fsp3) is 0.909. The third-order valence-corrected chi connectivity index (χ3v) is 3.18. The number of amides is 2. The lowest BCUT2D eigenvalue weighted by Crippen LogP contribution is -2.43. The first-order valence-corrected chi connectivity index (χ1v) is 5.46. The number of urea groups is 1. The number of carbonyl (C=O) groups is 1. The minimum absolute atomic E-state index is 0.0128. The molecule has 1 aliphatic rings. The molecule has 0 saturated heterocycles. The van der Waals surface area contributed by atoms with E-state index < -0.39 is 0 Å². The molecule has 0 unspecified atom stereocenters. The van der Waals surface area contributed by atoms with E-state index in [9.17, 15) is 4.79 Å². The van der Waals surface area contributed by atoms with Crippen molar-refractivity contribution < 1.29 is 4.79 Å². The third kappa shape index (κ3) is 3.56. The van der Waals surface area contributed by atoms with Gasteiger partial charge in [0.2, 0.25) is 0 Å². The summed E-state index contributed by atoms with van der Waals surface area (Å²) in [4.78, 5) is 11.3. The molecule has 2 N–H and O–H groups in total. The van der Waals surface area contributed by atoms with Gasteiger partial charge in [-0.05, 0) is 24.2 Å². The lowest BCUT2D eigenvalue weighted by molar-refractivity contribution is 0.215. The molecule has 82 valence electrons. The first-order valence-electron chi connectivity index (χ1n) is 5.46. The summed E-state index contributed by atoms with van der Waals surface area (Å²) in [6.07, 6.45) is 2.28. The highest BCUT2D eigenvalue weighted by atomic mass is 16.2. The maximum atomic E-state index is 11.3. The van der Waals surface area contributed by atoms with Crippen molar-refractivity contribution in [3.63, 3.8) is 0 Å². The van der Waals surface area contributed by atoms with Gasteiger partial charge in [-0.1, -0.05) is 27.7 Å². The third-order valence-electron chi connectivity index (χ3n) is 3.18. The van der Waals surface area contributed by atoms with Crippen LogP contribution in [0.25, 0.3) is 0 Å². The largest absolute Gasteiger partial charge is 0.338 e. The van der Waals surface area contributed by atoms with Gasteiger partial charge < -0.3 is 10.6 Å². The summed E-state index contributed by atoms with van der Waals surface area (Å²) in [6.45, 7) is 9.45. The lowest BCUT2D eigenvalue weighted by Gasteiger charge is -2.29. The molecule has 1 aliphatic carbocycles. The van der Waals surface area contributed by atoms with Crippen LogP contribution in [0.4, 0.5) is 4.79 Å². The van der Waals surface area contributed by atoms with Gasteiger partial charge in [0.25, 0.3) is 0 Å². The van der Waals surface area contributed by atoms with Crippen LogP contribution < -0.4 is 10.6 Å². The van der Waals surface area contributed by atoms with Crippen molar-refractivity contribution in [1.29, 1.82) is 0 Å². The van der Waals surface area contributed by atoms with Crippen molar-refractivity contribution in [1.82, 2.24) is 10.6 Å². The van der Waals surface area contributed by atoms with Gasteiger partial charge in [0, 0.05) is 12.6 Å². The summed E-state index contributed by atoms with van der Waals surface area (Å²) in [5.74, 6) is 0.573. The molecule has 0 radical (unpaired) electrons. The average Bonchev–Trinajstić information content (AvgIpc) is 2.85. The normalized spacial score (nSPS) is 16.9. The smallest absolute Gasteiger partial charge is 0.315 e. The Morgan fingerprint density at radius 2 is 2.00 bits per heavy atom. The van der Waals surface area contributed by atoms with Crippen LogP contribution in [0, 0.1) is 11.3 Å². The van der Waals surface area contributed by atoms with Gasteiger partial charge in [-0.3, -0.25) is 0 Å². The lowest BCUT2D eigenvalue weighted by atomic mass is 9.81. The quantitative estimate of drug-likeness (QED) is 0.714. The molecule has 1 saturated carbocycles.